The SMILES string of the molecule is O=C(O)CC1(CC(=O)O)CNCCN2CCNCCN1CC2. The summed E-state index contributed by atoms with van der Waals surface area (Å²) in [5.41, 5.74) is -0.875. The topological polar surface area (TPSA) is 105 Å². The summed E-state index contributed by atoms with van der Waals surface area (Å²) < 4.78 is 0. The van der Waals surface area contributed by atoms with Crippen LogP contribution in [0.2, 0.25) is 0 Å². The second-order valence-corrected chi connectivity index (χ2v) is 6.12. The fourth-order valence-electron chi connectivity index (χ4n) is 3.40. The summed E-state index contributed by atoms with van der Waals surface area (Å²) in [5.74, 6) is -1.90. The molecule has 0 saturated carbocycles. The second kappa shape index (κ2) is 7.87. The molecule has 2 aliphatic heterocycles. The molecular formula is C14H26N4O4. The molecule has 2 unspecified atom stereocenters. The van der Waals surface area contributed by atoms with Gasteiger partial charge >= 0.3 is 11.9 Å². The largest absolute Gasteiger partial charge is 0.481 e. The van der Waals surface area contributed by atoms with Gasteiger partial charge in [-0.25, -0.2) is 0 Å². The lowest BCUT2D eigenvalue weighted by atomic mass is 9.88. The van der Waals surface area contributed by atoms with Gasteiger partial charge in [-0.05, 0) is 0 Å². The molecule has 0 radical (unpaired) electrons. The molecule has 4 N–H and O–H groups in total. The molecular weight excluding hydrogens is 288 g/mol. The standard InChI is InChI=1S/C14H26N4O4/c19-12(20)9-14(10-13(21)22)11-16-2-5-17-4-1-15-3-6-18(14)8-7-17/h15-16H,1-11H2,(H,19,20)(H,21,22). The molecule has 2 aliphatic rings. The molecule has 2 saturated heterocycles. The van der Waals surface area contributed by atoms with Crippen molar-refractivity contribution in [3.05, 3.63) is 0 Å². The number of hydrogen-bond acceptors (Lipinski definition) is 6. The van der Waals surface area contributed by atoms with Gasteiger partial charge < -0.3 is 20.8 Å². The first kappa shape index (κ1) is 17.1. The van der Waals surface area contributed by atoms with Gasteiger partial charge in [0.25, 0.3) is 0 Å². The Hall–Kier alpha value is -1.22. The minimum Gasteiger partial charge on any atom is -0.481 e. The molecule has 0 aromatic carbocycles. The van der Waals surface area contributed by atoms with Crippen LogP contribution in [0.1, 0.15) is 12.8 Å². The molecule has 126 valence electrons. The van der Waals surface area contributed by atoms with Gasteiger partial charge in [-0.15, -0.1) is 0 Å². The van der Waals surface area contributed by atoms with Crippen molar-refractivity contribution >= 4 is 11.9 Å². The molecule has 0 amide bonds. The molecule has 8 nitrogen and oxygen atoms in total. The summed E-state index contributed by atoms with van der Waals surface area (Å²) in [6, 6.07) is 0. The minimum atomic E-state index is -0.952. The molecule has 2 atom stereocenters. The van der Waals surface area contributed by atoms with E-state index in [2.05, 4.69) is 20.4 Å². The molecule has 0 aliphatic carbocycles. The Kier molecular flexibility index (Phi) is 6.13. The average Bonchev–Trinajstić information content (AvgIpc) is 2.57. The van der Waals surface area contributed by atoms with Crippen LogP contribution in [0, 0.1) is 0 Å². The van der Waals surface area contributed by atoms with E-state index in [-0.39, 0.29) is 12.8 Å². The van der Waals surface area contributed by atoms with Crippen LogP contribution in [0.5, 0.6) is 0 Å². The van der Waals surface area contributed by atoms with Crippen molar-refractivity contribution in [1.29, 1.82) is 0 Å². The van der Waals surface area contributed by atoms with Gasteiger partial charge in [-0.3, -0.25) is 19.4 Å². The summed E-state index contributed by atoms with van der Waals surface area (Å²) in [6.45, 7) is 6.83. The van der Waals surface area contributed by atoms with E-state index < -0.39 is 17.5 Å². The average molecular weight is 314 g/mol. The minimum absolute atomic E-state index is 0.160. The maximum atomic E-state index is 11.4. The van der Waals surface area contributed by atoms with Crippen LogP contribution >= 0.6 is 0 Å². The lowest BCUT2D eigenvalue weighted by molar-refractivity contribution is -0.145. The van der Waals surface area contributed by atoms with Crippen LogP contribution < -0.4 is 10.6 Å². The zero-order valence-corrected chi connectivity index (χ0v) is 12.9. The van der Waals surface area contributed by atoms with Crippen LogP contribution in [0.3, 0.4) is 0 Å². The van der Waals surface area contributed by atoms with Crippen molar-refractivity contribution in [3.63, 3.8) is 0 Å². The molecule has 22 heavy (non-hydrogen) atoms. The lowest BCUT2D eigenvalue weighted by Crippen LogP contribution is -2.59. The van der Waals surface area contributed by atoms with Gasteiger partial charge in [0.2, 0.25) is 0 Å². The van der Waals surface area contributed by atoms with Crippen LogP contribution in [0.25, 0.3) is 0 Å². The van der Waals surface area contributed by atoms with Crippen molar-refractivity contribution in [2.24, 2.45) is 0 Å². The highest BCUT2D eigenvalue weighted by atomic mass is 16.4. The van der Waals surface area contributed by atoms with Gasteiger partial charge in [0.05, 0.1) is 18.4 Å². The number of nitrogens with zero attached hydrogens (tertiary/aromatic N) is 2. The molecule has 2 fully saturated rings. The summed E-state index contributed by atoms with van der Waals surface area (Å²) in [7, 11) is 0. The fraction of sp³-hybridized carbons (Fsp3) is 0.857. The monoisotopic (exact) mass is 314 g/mol. The lowest BCUT2D eigenvalue weighted by Gasteiger charge is -2.42. The zero-order valence-electron chi connectivity index (χ0n) is 12.9. The number of nitrogens with one attached hydrogen (secondary N) is 2. The number of carboxylic acids is 2. The van der Waals surface area contributed by atoms with Crippen molar-refractivity contribution in [2.75, 3.05) is 58.9 Å². The number of fused-ring (bicyclic) bond motifs is 3. The van der Waals surface area contributed by atoms with Gasteiger partial charge in [-0.2, -0.15) is 0 Å². The van der Waals surface area contributed by atoms with Gasteiger partial charge in [0, 0.05) is 58.9 Å². The highest BCUT2D eigenvalue weighted by Crippen LogP contribution is 2.25. The van der Waals surface area contributed by atoms with Crippen LogP contribution in [-0.2, 0) is 9.59 Å². The second-order valence-electron chi connectivity index (χ2n) is 6.12. The van der Waals surface area contributed by atoms with Crippen molar-refractivity contribution in [3.8, 4) is 0 Å². The molecule has 8 heteroatoms. The Bertz CT molecular complexity index is 388. The number of rotatable bonds is 4. The van der Waals surface area contributed by atoms with E-state index in [0.717, 1.165) is 39.3 Å². The highest BCUT2D eigenvalue weighted by molar-refractivity contribution is 5.73. The molecule has 2 rings (SSSR count). The zero-order chi connectivity index (χ0) is 16.0. The maximum Gasteiger partial charge on any atom is 0.305 e. The first-order valence-electron chi connectivity index (χ1n) is 7.84. The first-order chi connectivity index (χ1) is 10.5. The summed E-state index contributed by atoms with van der Waals surface area (Å²) >= 11 is 0. The van der Waals surface area contributed by atoms with Crippen LogP contribution in [0.4, 0.5) is 0 Å². The van der Waals surface area contributed by atoms with Gasteiger partial charge in [0.1, 0.15) is 0 Å². The first-order valence-corrected chi connectivity index (χ1v) is 7.84. The van der Waals surface area contributed by atoms with Gasteiger partial charge in [-0.1, -0.05) is 0 Å². The normalized spacial score (nSPS) is 29.3. The summed E-state index contributed by atoms with van der Waals surface area (Å²) in [6.07, 6.45) is -0.321. The Morgan fingerprint density at radius 1 is 0.864 bits per heavy atom. The van der Waals surface area contributed by atoms with Crippen molar-refractivity contribution < 1.29 is 19.8 Å². The molecule has 0 aromatic rings. The summed E-state index contributed by atoms with van der Waals surface area (Å²) in [4.78, 5) is 27.1. The third-order valence-electron chi connectivity index (χ3n) is 4.54. The van der Waals surface area contributed by atoms with E-state index in [1.54, 1.807) is 0 Å². The number of hydrogen-bond donors (Lipinski definition) is 4. The number of carbonyl (C=O) groups is 2. The summed E-state index contributed by atoms with van der Waals surface area (Å²) in [5, 5.41) is 25.2. The van der Waals surface area contributed by atoms with Crippen LogP contribution in [0.15, 0.2) is 0 Å². The van der Waals surface area contributed by atoms with Crippen molar-refractivity contribution in [1.82, 2.24) is 20.4 Å². The predicted molar refractivity (Wildman–Crippen MR) is 81.0 cm³/mol. The predicted octanol–water partition coefficient (Wildman–Crippen LogP) is -1.51. The molecule has 0 spiro atoms. The van der Waals surface area contributed by atoms with E-state index in [0.29, 0.717) is 19.6 Å². The third-order valence-corrected chi connectivity index (χ3v) is 4.54. The Balaban J connectivity index is 2.28. The smallest absolute Gasteiger partial charge is 0.305 e. The van der Waals surface area contributed by atoms with Gasteiger partial charge in [0.15, 0.2) is 0 Å². The van der Waals surface area contributed by atoms with E-state index in [9.17, 15) is 19.8 Å². The van der Waals surface area contributed by atoms with Crippen LogP contribution in [-0.4, -0.2) is 96.4 Å². The van der Waals surface area contributed by atoms with E-state index in [1.165, 1.54) is 0 Å². The third kappa shape index (κ3) is 4.64. The maximum absolute atomic E-state index is 11.4. The van der Waals surface area contributed by atoms with E-state index in [1.807, 2.05) is 0 Å². The molecule has 2 heterocycles. The number of aliphatic carboxylic acids is 2. The Morgan fingerprint density at radius 3 is 2.09 bits per heavy atom. The highest BCUT2D eigenvalue weighted by Gasteiger charge is 2.41. The Labute approximate surface area is 130 Å². The van der Waals surface area contributed by atoms with E-state index >= 15 is 0 Å². The van der Waals surface area contributed by atoms with Crippen molar-refractivity contribution in [2.45, 2.75) is 18.4 Å². The Morgan fingerprint density at radius 2 is 1.45 bits per heavy atom. The molecule has 0 aromatic heterocycles. The molecule has 2 bridgehead atoms. The fourth-order valence-corrected chi connectivity index (χ4v) is 3.40. The quantitative estimate of drug-likeness (QED) is 0.496. The number of carboxylic acid groups (broad SMARTS) is 2. The van der Waals surface area contributed by atoms with E-state index in [4.69, 9.17) is 0 Å².